The molecule has 0 fully saturated rings. The lowest BCUT2D eigenvalue weighted by molar-refractivity contribution is -0.123. The Hall–Kier alpha value is -0.120. The van der Waals surface area contributed by atoms with Gasteiger partial charge in [0.05, 0.1) is 0 Å². The van der Waals surface area contributed by atoms with Crippen LogP contribution >= 0.6 is 11.6 Å². The van der Waals surface area contributed by atoms with Crippen molar-refractivity contribution in [1.29, 1.82) is 0 Å². The summed E-state index contributed by atoms with van der Waals surface area (Å²) in [5.41, 5.74) is 0. The number of rotatable bonds is 4. The van der Waals surface area contributed by atoms with E-state index in [-0.39, 0.29) is 11.5 Å². The van der Waals surface area contributed by atoms with E-state index in [1.807, 2.05) is 20.8 Å². The third kappa shape index (κ3) is 22.5. The van der Waals surface area contributed by atoms with E-state index in [2.05, 4.69) is 11.6 Å². The average Bonchev–Trinajstić information content (AvgIpc) is 1.87. The molecule has 0 bridgehead atoms. The van der Waals surface area contributed by atoms with Crippen LogP contribution in [0.3, 0.4) is 0 Å². The second kappa shape index (κ2) is 10.9. The van der Waals surface area contributed by atoms with E-state index in [1.165, 1.54) is 6.92 Å². The van der Waals surface area contributed by atoms with Crippen molar-refractivity contribution in [2.24, 2.45) is 0 Å². The fraction of sp³-hybridized carbons (Fsp3) is 0.875. The highest BCUT2D eigenvalue weighted by molar-refractivity contribution is 6.62. The molecule has 0 rings (SSSR count). The second-order valence-corrected chi connectivity index (χ2v) is 2.48. The normalized spacial score (nSPS) is 9.17. The minimum Gasteiger partial charge on any atom is -0.353 e. The standard InChI is InChI=1S/C6H14O2.C2H3ClO/c1-4-7-6(3)8-5-2;1-2(3)4/h6H,4-5H2,1-3H3;1H3. The van der Waals surface area contributed by atoms with Crippen molar-refractivity contribution < 1.29 is 14.3 Å². The molecule has 0 amide bonds. The van der Waals surface area contributed by atoms with Crippen molar-refractivity contribution in [3.63, 3.8) is 0 Å². The quantitative estimate of drug-likeness (QED) is 0.511. The lowest BCUT2D eigenvalue weighted by atomic mass is 10.7. The van der Waals surface area contributed by atoms with Gasteiger partial charge in [0.2, 0.25) is 5.24 Å². The van der Waals surface area contributed by atoms with Crippen molar-refractivity contribution in [3.8, 4) is 0 Å². The van der Waals surface area contributed by atoms with Gasteiger partial charge >= 0.3 is 0 Å². The number of hydrogen-bond acceptors (Lipinski definition) is 3. The molecule has 0 heterocycles. The summed E-state index contributed by atoms with van der Waals surface area (Å²) in [5, 5.41) is -0.361. The highest BCUT2D eigenvalue weighted by atomic mass is 35.5. The molecule has 74 valence electrons. The van der Waals surface area contributed by atoms with Crippen LogP contribution in [-0.4, -0.2) is 24.7 Å². The Kier molecular flexibility index (Phi) is 13.1. The summed E-state index contributed by atoms with van der Waals surface area (Å²) in [7, 11) is 0. The monoisotopic (exact) mass is 196 g/mol. The Balaban J connectivity index is 0. The molecule has 0 aromatic carbocycles. The Labute approximate surface area is 79.0 Å². The SMILES string of the molecule is CC(=O)Cl.CCOC(C)OCC. The molecule has 0 saturated heterocycles. The van der Waals surface area contributed by atoms with Gasteiger partial charge in [-0.2, -0.15) is 0 Å². The second-order valence-electron chi connectivity index (χ2n) is 1.95. The minimum absolute atomic E-state index is 0.0370. The van der Waals surface area contributed by atoms with E-state index in [0.29, 0.717) is 0 Å². The Morgan fingerprint density at radius 2 is 1.58 bits per heavy atom. The summed E-state index contributed by atoms with van der Waals surface area (Å²) < 4.78 is 10.1. The first-order chi connectivity index (χ1) is 5.54. The minimum atomic E-state index is -0.361. The summed E-state index contributed by atoms with van der Waals surface area (Å²) in [6, 6.07) is 0. The van der Waals surface area contributed by atoms with Gasteiger partial charge in [0.1, 0.15) is 0 Å². The van der Waals surface area contributed by atoms with Crippen LogP contribution in [0.25, 0.3) is 0 Å². The Morgan fingerprint density at radius 3 is 1.75 bits per heavy atom. The maximum Gasteiger partial charge on any atom is 0.218 e. The van der Waals surface area contributed by atoms with Gasteiger partial charge in [-0.3, -0.25) is 4.79 Å². The van der Waals surface area contributed by atoms with Gasteiger partial charge < -0.3 is 9.47 Å². The lowest BCUT2D eigenvalue weighted by Crippen LogP contribution is -2.11. The average molecular weight is 197 g/mol. The third-order valence-corrected chi connectivity index (χ3v) is 0.803. The van der Waals surface area contributed by atoms with Crippen LogP contribution in [-0.2, 0) is 14.3 Å². The molecule has 4 heteroatoms. The van der Waals surface area contributed by atoms with Crippen LogP contribution in [0, 0.1) is 0 Å². The van der Waals surface area contributed by atoms with E-state index >= 15 is 0 Å². The molecule has 12 heavy (non-hydrogen) atoms. The first-order valence-electron chi connectivity index (χ1n) is 3.93. The molecule has 3 nitrogen and oxygen atoms in total. The molecule has 0 aliphatic carbocycles. The molecule has 0 aromatic heterocycles. The zero-order valence-electron chi connectivity index (χ0n) is 8.09. The van der Waals surface area contributed by atoms with Crippen molar-refractivity contribution >= 4 is 16.8 Å². The van der Waals surface area contributed by atoms with Crippen LogP contribution in [0.4, 0.5) is 0 Å². The number of ether oxygens (including phenoxy) is 2. The highest BCUT2D eigenvalue weighted by Crippen LogP contribution is 1.90. The summed E-state index contributed by atoms with van der Waals surface area (Å²) in [6.45, 7) is 8.54. The lowest BCUT2D eigenvalue weighted by Gasteiger charge is -2.09. The maximum absolute atomic E-state index is 9.21. The van der Waals surface area contributed by atoms with Gasteiger partial charge in [0.15, 0.2) is 6.29 Å². The van der Waals surface area contributed by atoms with Crippen molar-refractivity contribution in [2.45, 2.75) is 34.0 Å². The van der Waals surface area contributed by atoms with Crippen molar-refractivity contribution in [2.75, 3.05) is 13.2 Å². The van der Waals surface area contributed by atoms with E-state index in [4.69, 9.17) is 9.47 Å². The van der Waals surface area contributed by atoms with Crippen LogP contribution in [0.5, 0.6) is 0 Å². The fourth-order valence-corrected chi connectivity index (χ4v) is 0.518. The zero-order chi connectivity index (χ0) is 9.98. The van der Waals surface area contributed by atoms with E-state index < -0.39 is 0 Å². The largest absolute Gasteiger partial charge is 0.353 e. The van der Waals surface area contributed by atoms with Crippen molar-refractivity contribution in [1.82, 2.24) is 0 Å². The zero-order valence-corrected chi connectivity index (χ0v) is 8.85. The summed E-state index contributed by atoms with van der Waals surface area (Å²) in [4.78, 5) is 9.21. The van der Waals surface area contributed by atoms with Gasteiger partial charge in [-0.05, 0) is 32.4 Å². The van der Waals surface area contributed by atoms with E-state index in [1.54, 1.807) is 0 Å². The van der Waals surface area contributed by atoms with Crippen LogP contribution < -0.4 is 0 Å². The third-order valence-electron chi connectivity index (χ3n) is 0.803. The first-order valence-corrected chi connectivity index (χ1v) is 4.31. The van der Waals surface area contributed by atoms with Gasteiger partial charge in [-0.15, -0.1) is 0 Å². The van der Waals surface area contributed by atoms with Crippen molar-refractivity contribution in [3.05, 3.63) is 0 Å². The topological polar surface area (TPSA) is 35.5 Å². The number of halogens is 1. The highest BCUT2D eigenvalue weighted by Gasteiger charge is 1.94. The predicted molar refractivity (Wildman–Crippen MR) is 49.2 cm³/mol. The van der Waals surface area contributed by atoms with Gasteiger partial charge in [-0.1, -0.05) is 0 Å². The molecule has 0 unspecified atom stereocenters. The van der Waals surface area contributed by atoms with Gasteiger partial charge in [-0.25, -0.2) is 0 Å². The Bertz CT molecular complexity index is 96.5. The van der Waals surface area contributed by atoms with Crippen LogP contribution in [0.2, 0.25) is 0 Å². The molecule has 0 aliphatic heterocycles. The molecule has 0 aromatic rings. The molecule has 0 saturated carbocycles. The van der Waals surface area contributed by atoms with Crippen LogP contribution in [0.15, 0.2) is 0 Å². The Morgan fingerprint density at radius 1 is 1.33 bits per heavy atom. The van der Waals surface area contributed by atoms with Crippen LogP contribution in [0.1, 0.15) is 27.7 Å². The molecule has 0 aliphatic rings. The first kappa shape index (κ1) is 14.4. The molecule has 0 atom stereocenters. The summed E-state index contributed by atoms with van der Waals surface area (Å²) in [5.74, 6) is 0. The molecule has 0 radical (unpaired) electrons. The van der Waals surface area contributed by atoms with Gasteiger partial charge in [0.25, 0.3) is 0 Å². The fourth-order valence-electron chi connectivity index (χ4n) is 0.518. The predicted octanol–water partition coefficient (Wildman–Crippen LogP) is 2.18. The van der Waals surface area contributed by atoms with E-state index in [0.717, 1.165) is 13.2 Å². The number of carbonyl (C=O) groups is 1. The summed E-state index contributed by atoms with van der Waals surface area (Å²) in [6.07, 6.45) is -0.0370. The smallest absolute Gasteiger partial charge is 0.218 e. The number of carbonyl (C=O) groups excluding carboxylic acids is 1. The van der Waals surface area contributed by atoms with Gasteiger partial charge in [0, 0.05) is 20.1 Å². The summed E-state index contributed by atoms with van der Waals surface area (Å²) >= 11 is 4.64. The molecular weight excluding hydrogens is 180 g/mol. The maximum atomic E-state index is 9.21. The molecular formula is C8H17ClO3. The molecule has 0 spiro atoms. The molecule has 0 N–H and O–H groups in total. The van der Waals surface area contributed by atoms with E-state index in [9.17, 15) is 4.79 Å². The number of hydrogen-bond donors (Lipinski definition) is 0.